The molecule has 0 radical (unpaired) electrons. The molecule has 0 aromatic carbocycles. The Balaban J connectivity index is 1.32. The lowest BCUT2D eigenvalue weighted by atomic mass is 9.54. The highest BCUT2D eigenvalue weighted by Crippen LogP contribution is 2.60. The van der Waals surface area contributed by atoms with Gasteiger partial charge in [0.05, 0.1) is 6.10 Å². The van der Waals surface area contributed by atoms with Gasteiger partial charge in [0.2, 0.25) is 0 Å². The van der Waals surface area contributed by atoms with E-state index in [0.29, 0.717) is 24.1 Å². The lowest BCUT2D eigenvalue weighted by Gasteiger charge is -2.56. The number of hydrogen-bond acceptors (Lipinski definition) is 3. The molecule has 4 aliphatic rings. The van der Waals surface area contributed by atoms with Gasteiger partial charge in [-0.1, -0.05) is 19.8 Å². The van der Waals surface area contributed by atoms with Gasteiger partial charge in [-0.2, -0.15) is 0 Å². The minimum absolute atomic E-state index is 0.0570. The van der Waals surface area contributed by atoms with Gasteiger partial charge in [-0.3, -0.25) is 0 Å². The van der Waals surface area contributed by atoms with E-state index in [0.717, 1.165) is 45.5 Å². The lowest BCUT2D eigenvalue weighted by molar-refractivity contribution is -0.126. The summed E-state index contributed by atoms with van der Waals surface area (Å²) in [7, 11) is 0. The monoisotopic (exact) mass is 321 g/mol. The van der Waals surface area contributed by atoms with E-state index in [4.69, 9.17) is 4.74 Å². The van der Waals surface area contributed by atoms with E-state index in [1.165, 1.54) is 25.7 Å². The highest BCUT2D eigenvalue weighted by Gasteiger charge is 2.65. The van der Waals surface area contributed by atoms with Gasteiger partial charge in [0.25, 0.3) is 0 Å². The standard InChI is InChI=1S/C18H31N3O2/c1-2-21-10-5-13(6-11-21)19-17(22)20-15-14-7-12-23-16(14)18(15)8-3-4-9-18/h13-16H,2-12H2,1H3,(H2,19,20,22)/t14-,15+,16-/m0/s1. The van der Waals surface area contributed by atoms with Gasteiger partial charge in [0, 0.05) is 43.1 Å². The molecule has 2 amide bonds. The third kappa shape index (κ3) is 2.66. The Kier molecular flexibility index (Phi) is 4.26. The summed E-state index contributed by atoms with van der Waals surface area (Å²) in [5.74, 6) is 0.556. The molecular weight excluding hydrogens is 290 g/mol. The van der Waals surface area contributed by atoms with Crippen LogP contribution in [-0.4, -0.2) is 55.4 Å². The summed E-state index contributed by atoms with van der Waals surface area (Å²) in [4.78, 5) is 15.0. The fraction of sp³-hybridized carbons (Fsp3) is 0.944. The molecule has 23 heavy (non-hydrogen) atoms. The molecule has 0 bridgehead atoms. The predicted octanol–water partition coefficient (Wildman–Crippen LogP) is 2.12. The number of ether oxygens (including phenoxy) is 1. The SMILES string of the molecule is CCN1CCC(NC(=O)N[C@@H]2[C@@H]3CCO[C@@H]3C23CCCC3)CC1. The molecule has 2 aliphatic heterocycles. The number of nitrogens with zero attached hydrogens (tertiary/aromatic N) is 1. The average molecular weight is 321 g/mol. The van der Waals surface area contributed by atoms with Crippen molar-refractivity contribution in [3.63, 3.8) is 0 Å². The van der Waals surface area contributed by atoms with Crippen molar-refractivity contribution in [2.24, 2.45) is 11.3 Å². The topological polar surface area (TPSA) is 53.6 Å². The second kappa shape index (κ2) is 6.25. The molecule has 2 saturated heterocycles. The maximum Gasteiger partial charge on any atom is 0.315 e. The number of carbonyl (C=O) groups is 1. The van der Waals surface area contributed by atoms with E-state index >= 15 is 0 Å². The number of amides is 2. The van der Waals surface area contributed by atoms with Crippen LogP contribution in [0.15, 0.2) is 0 Å². The van der Waals surface area contributed by atoms with Crippen molar-refractivity contribution in [2.45, 2.75) is 70.1 Å². The van der Waals surface area contributed by atoms with Crippen molar-refractivity contribution in [2.75, 3.05) is 26.2 Å². The summed E-state index contributed by atoms with van der Waals surface area (Å²) in [5, 5.41) is 6.58. The molecule has 3 atom stereocenters. The number of fused-ring (bicyclic) bond motifs is 2. The predicted molar refractivity (Wildman–Crippen MR) is 89.3 cm³/mol. The summed E-state index contributed by atoms with van der Waals surface area (Å²) < 4.78 is 6.00. The Morgan fingerprint density at radius 1 is 1.17 bits per heavy atom. The van der Waals surface area contributed by atoms with E-state index in [-0.39, 0.29) is 11.4 Å². The molecule has 4 rings (SSSR count). The van der Waals surface area contributed by atoms with E-state index in [1.54, 1.807) is 0 Å². The van der Waals surface area contributed by atoms with Gasteiger partial charge in [-0.15, -0.1) is 0 Å². The second-order valence-corrected chi connectivity index (χ2v) is 7.99. The van der Waals surface area contributed by atoms with Crippen molar-refractivity contribution in [1.82, 2.24) is 15.5 Å². The third-order valence-corrected chi connectivity index (χ3v) is 6.94. The zero-order valence-corrected chi connectivity index (χ0v) is 14.4. The average Bonchev–Trinajstić information content (AvgIpc) is 3.22. The summed E-state index contributed by atoms with van der Waals surface area (Å²) in [5.41, 5.74) is 0.254. The Labute approximate surface area is 139 Å². The smallest absolute Gasteiger partial charge is 0.315 e. The molecule has 2 saturated carbocycles. The van der Waals surface area contributed by atoms with Crippen LogP contribution >= 0.6 is 0 Å². The number of urea groups is 1. The van der Waals surface area contributed by atoms with Crippen LogP contribution in [-0.2, 0) is 4.74 Å². The van der Waals surface area contributed by atoms with Crippen LogP contribution in [0.1, 0.15) is 51.9 Å². The highest BCUT2D eigenvalue weighted by molar-refractivity contribution is 5.75. The highest BCUT2D eigenvalue weighted by atomic mass is 16.5. The van der Waals surface area contributed by atoms with Gasteiger partial charge < -0.3 is 20.3 Å². The first-order chi connectivity index (χ1) is 11.2. The van der Waals surface area contributed by atoms with Gasteiger partial charge in [0.15, 0.2) is 0 Å². The molecule has 0 aromatic rings. The summed E-state index contributed by atoms with van der Waals surface area (Å²) >= 11 is 0. The normalized spacial score (nSPS) is 36.7. The molecule has 5 heteroatoms. The van der Waals surface area contributed by atoms with Crippen molar-refractivity contribution < 1.29 is 9.53 Å². The molecular formula is C18H31N3O2. The molecule has 0 aromatic heterocycles. The van der Waals surface area contributed by atoms with Crippen LogP contribution in [0.4, 0.5) is 4.79 Å². The number of carbonyl (C=O) groups excluding carboxylic acids is 1. The number of rotatable bonds is 3. The van der Waals surface area contributed by atoms with Gasteiger partial charge in [0.1, 0.15) is 0 Å². The number of likely N-dealkylation sites (tertiary alicyclic amines) is 1. The Bertz CT molecular complexity index is 442. The van der Waals surface area contributed by atoms with Gasteiger partial charge >= 0.3 is 6.03 Å². The zero-order chi connectivity index (χ0) is 15.9. The van der Waals surface area contributed by atoms with Crippen molar-refractivity contribution in [1.29, 1.82) is 0 Å². The molecule has 2 heterocycles. The summed E-state index contributed by atoms with van der Waals surface area (Å²) in [6.45, 7) is 6.41. The maximum atomic E-state index is 12.5. The van der Waals surface area contributed by atoms with Gasteiger partial charge in [-0.05, 0) is 38.6 Å². The van der Waals surface area contributed by atoms with Crippen LogP contribution in [0.5, 0.6) is 0 Å². The Morgan fingerprint density at radius 2 is 1.91 bits per heavy atom. The van der Waals surface area contributed by atoms with Crippen LogP contribution in [0.25, 0.3) is 0 Å². The van der Waals surface area contributed by atoms with E-state index in [2.05, 4.69) is 22.5 Å². The van der Waals surface area contributed by atoms with E-state index < -0.39 is 0 Å². The fourth-order valence-electron chi connectivity index (χ4n) is 5.67. The fourth-order valence-corrected chi connectivity index (χ4v) is 5.67. The van der Waals surface area contributed by atoms with Gasteiger partial charge in [-0.25, -0.2) is 4.79 Å². The van der Waals surface area contributed by atoms with Crippen molar-refractivity contribution in [3.05, 3.63) is 0 Å². The summed E-state index contributed by atoms with van der Waals surface area (Å²) in [6, 6.07) is 0.739. The molecule has 1 spiro atoms. The molecule has 0 unspecified atom stereocenters. The minimum atomic E-state index is 0.0570. The maximum absolute atomic E-state index is 12.5. The Hall–Kier alpha value is -0.810. The minimum Gasteiger partial charge on any atom is -0.377 e. The number of nitrogens with one attached hydrogen (secondary N) is 2. The van der Waals surface area contributed by atoms with Crippen molar-refractivity contribution >= 4 is 6.03 Å². The second-order valence-electron chi connectivity index (χ2n) is 7.99. The van der Waals surface area contributed by atoms with E-state index in [9.17, 15) is 4.79 Å². The first-order valence-corrected chi connectivity index (χ1v) is 9.64. The van der Waals surface area contributed by atoms with Crippen LogP contribution in [0.2, 0.25) is 0 Å². The quantitative estimate of drug-likeness (QED) is 0.837. The molecule has 2 N–H and O–H groups in total. The third-order valence-electron chi connectivity index (χ3n) is 6.94. The Morgan fingerprint density at radius 3 is 2.61 bits per heavy atom. The van der Waals surface area contributed by atoms with E-state index in [1.807, 2.05) is 0 Å². The van der Waals surface area contributed by atoms with Crippen LogP contribution in [0, 0.1) is 11.3 Å². The lowest BCUT2D eigenvalue weighted by Crippen LogP contribution is -2.69. The first kappa shape index (κ1) is 15.7. The number of piperidine rings is 1. The zero-order valence-electron chi connectivity index (χ0n) is 14.4. The molecule has 130 valence electrons. The van der Waals surface area contributed by atoms with Crippen LogP contribution in [0.3, 0.4) is 0 Å². The number of hydrogen-bond donors (Lipinski definition) is 2. The molecule has 4 fully saturated rings. The largest absolute Gasteiger partial charge is 0.377 e. The molecule has 2 aliphatic carbocycles. The first-order valence-electron chi connectivity index (χ1n) is 9.64. The van der Waals surface area contributed by atoms with Crippen molar-refractivity contribution in [3.8, 4) is 0 Å². The summed E-state index contributed by atoms with van der Waals surface area (Å²) in [6.07, 6.45) is 8.74. The molecule has 5 nitrogen and oxygen atoms in total. The van der Waals surface area contributed by atoms with Crippen LogP contribution < -0.4 is 10.6 Å².